The van der Waals surface area contributed by atoms with Crippen molar-refractivity contribution in [2.45, 2.75) is 22.6 Å². The van der Waals surface area contributed by atoms with Gasteiger partial charge in [0.2, 0.25) is 0 Å². The van der Waals surface area contributed by atoms with Gasteiger partial charge in [0.25, 0.3) is 0 Å². The number of nitrogens with one attached hydrogen (secondary N) is 1. The normalized spacial score (nSPS) is 38.4. The first kappa shape index (κ1) is 15.9. The number of benzene rings is 1. The summed E-state index contributed by atoms with van der Waals surface area (Å²) in [7, 11) is 0. The van der Waals surface area contributed by atoms with E-state index in [2.05, 4.69) is 4.98 Å². The highest BCUT2D eigenvalue weighted by Gasteiger charge is 2.69. The van der Waals surface area contributed by atoms with Gasteiger partial charge in [-0.1, -0.05) is 29.5 Å². The van der Waals surface area contributed by atoms with Gasteiger partial charge in [-0.15, -0.1) is 11.8 Å². The van der Waals surface area contributed by atoms with E-state index in [1.807, 2.05) is 12.1 Å². The van der Waals surface area contributed by atoms with Crippen LogP contribution < -0.4 is 4.87 Å². The molecule has 3 fully saturated rings. The molecule has 0 spiro atoms. The highest BCUT2D eigenvalue weighted by Crippen LogP contribution is 2.68. The van der Waals surface area contributed by atoms with E-state index in [0.29, 0.717) is 0 Å². The summed E-state index contributed by atoms with van der Waals surface area (Å²) in [5, 5.41) is 11.5. The van der Waals surface area contributed by atoms with E-state index in [0.717, 1.165) is 21.9 Å². The highest BCUT2D eigenvalue weighted by atomic mass is 32.2. The second-order valence-corrected chi connectivity index (χ2v) is 9.96. The molecule has 27 heavy (non-hydrogen) atoms. The number of hydrogen-bond donors (Lipinski definition) is 2. The maximum absolute atomic E-state index is 12.3. The largest absolute Gasteiger partial charge is 0.508 e. The van der Waals surface area contributed by atoms with E-state index < -0.39 is 5.97 Å². The summed E-state index contributed by atoms with van der Waals surface area (Å²) in [6, 6.07) is 7.20. The number of carbonyl (C=O) groups excluding carboxylic acids is 2. The molecule has 2 aliphatic carbocycles. The van der Waals surface area contributed by atoms with Gasteiger partial charge in [-0.05, 0) is 30.2 Å². The molecule has 3 heterocycles. The third-order valence-corrected chi connectivity index (χ3v) is 9.32. The van der Waals surface area contributed by atoms with Gasteiger partial charge >= 0.3 is 16.8 Å². The molecule has 6 rings (SSSR count). The molecule has 0 amide bonds. The van der Waals surface area contributed by atoms with Crippen molar-refractivity contribution in [3.05, 3.63) is 44.4 Å². The van der Waals surface area contributed by atoms with Crippen molar-refractivity contribution >= 4 is 35.0 Å². The minimum Gasteiger partial charge on any atom is -0.508 e. The number of para-hydroxylation sites is 1. The zero-order valence-electron chi connectivity index (χ0n) is 14.0. The molecule has 138 valence electrons. The van der Waals surface area contributed by atoms with Crippen LogP contribution >= 0.6 is 23.1 Å². The lowest BCUT2D eigenvalue weighted by molar-refractivity contribution is -0.154. The number of aromatic nitrogens is 1. The van der Waals surface area contributed by atoms with Crippen LogP contribution in [-0.4, -0.2) is 27.3 Å². The van der Waals surface area contributed by atoms with Gasteiger partial charge in [-0.2, -0.15) is 0 Å². The minimum absolute atomic E-state index is 0.0337. The number of thiazole rings is 1. The Bertz CT molecular complexity index is 1060. The number of fused-ring (bicyclic) bond motifs is 9. The van der Waals surface area contributed by atoms with Gasteiger partial charge in [0, 0.05) is 21.6 Å². The van der Waals surface area contributed by atoms with Crippen molar-refractivity contribution in [3.8, 4) is 5.75 Å². The number of aromatic amines is 1. The minimum atomic E-state index is -0.398. The first-order chi connectivity index (χ1) is 13.0. The zero-order valence-corrected chi connectivity index (χ0v) is 15.6. The molecule has 0 unspecified atom stereocenters. The van der Waals surface area contributed by atoms with Gasteiger partial charge in [0.05, 0.1) is 16.9 Å². The summed E-state index contributed by atoms with van der Waals surface area (Å²) in [4.78, 5) is 40.4. The summed E-state index contributed by atoms with van der Waals surface area (Å²) in [5.41, 5.74) is 0.783. The Morgan fingerprint density at radius 2 is 1.81 bits per heavy atom. The number of rotatable bonds is 1. The van der Waals surface area contributed by atoms with E-state index in [-0.39, 0.29) is 57.3 Å². The van der Waals surface area contributed by atoms with Crippen molar-refractivity contribution in [2.24, 2.45) is 29.6 Å². The van der Waals surface area contributed by atoms with Crippen LogP contribution in [0.5, 0.6) is 5.75 Å². The summed E-state index contributed by atoms with van der Waals surface area (Å²) in [5.74, 6) is -1.29. The maximum Gasteiger partial charge on any atom is 0.317 e. The number of phenols is 1. The van der Waals surface area contributed by atoms with Crippen LogP contribution in [0.2, 0.25) is 0 Å². The van der Waals surface area contributed by atoms with Crippen molar-refractivity contribution in [2.75, 3.05) is 0 Å². The van der Waals surface area contributed by atoms with Crippen LogP contribution in [0.3, 0.4) is 0 Å². The number of phenolic OH excluding ortho intramolecular Hbond substituents is 1. The third kappa shape index (κ3) is 1.95. The van der Waals surface area contributed by atoms with E-state index >= 15 is 0 Å². The maximum atomic E-state index is 12.3. The highest BCUT2D eigenvalue weighted by molar-refractivity contribution is 8.00. The van der Waals surface area contributed by atoms with Crippen LogP contribution in [0.1, 0.15) is 22.8 Å². The number of hydrogen-bond acceptors (Lipinski definition) is 7. The Balaban J connectivity index is 1.55. The molecule has 6 nitrogen and oxygen atoms in total. The van der Waals surface area contributed by atoms with Gasteiger partial charge in [0.1, 0.15) is 5.75 Å². The molecule has 0 radical (unpaired) electrons. The number of aromatic hydroxyl groups is 1. The zero-order chi connectivity index (χ0) is 18.4. The fourth-order valence-corrected chi connectivity index (χ4v) is 8.79. The lowest BCUT2D eigenvalue weighted by Crippen LogP contribution is -2.42. The van der Waals surface area contributed by atoms with Crippen LogP contribution in [0.15, 0.2) is 34.1 Å². The summed E-state index contributed by atoms with van der Waals surface area (Å²) < 4.78 is 4.97. The summed E-state index contributed by atoms with van der Waals surface area (Å²) in [6.07, 6.45) is 0.821. The average molecular weight is 401 g/mol. The fourth-order valence-electron chi connectivity index (χ4n) is 5.91. The number of thioether (sulfide) groups is 1. The molecule has 2 saturated carbocycles. The quantitative estimate of drug-likeness (QED) is 0.562. The topological polar surface area (TPSA) is 96.5 Å². The molecule has 8 heteroatoms. The predicted molar refractivity (Wildman–Crippen MR) is 97.7 cm³/mol. The molecule has 7 atom stereocenters. The molecule has 2 aliphatic heterocycles. The van der Waals surface area contributed by atoms with E-state index in [1.54, 1.807) is 23.9 Å². The number of esters is 2. The average Bonchev–Trinajstić information content (AvgIpc) is 3.35. The van der Waals surface area contributed by atoms with Crippen molar-refractivity contribution in [1.29, 1.82) is 0 Å². The number of H-pyrrole nitrogens is 1. The first-order valence-corrected chi connectivity index (χ1v) is 10.7. The van der Waals surface area contributed by atoms with E-state index in [4.69, 9.17) is 4.74 Å². The van der Waals surface area contributed by atoms with Crippen molar-refractivity contribution < 1.29 is 19.4 Å². The van der Waals surface area contributed by atoms with E-state index in [9.17, 15) is 19.5 Å². The number of cyclic esters (lactones) is 2. The summed E-state index contributed by atoms with van der Waals surface area (Å²) in [6.45, 7) is 0. The second-order valence-electron chi connectivity index (χ2n) is 7.76. The fraction of sp³-hybridized carbons (Fsp3) is 0.421. The van der Waals surface area contributed by atoms with Crippen LogP contribution in [0.4, 0.5) is 0 Å². The third-order valence-electron chi connectivity index (χ3n) is 6.73. The standard InChI is InChI=1S/C19H15NO5S2/c21-9-4-2-1-3-6(9)10-11-7-5-8(13-12(7)17(22)25-18(13)23)14(11)26-16-15(10)27-19(24)20-16/h1-4,7-8,10-14,21H,5H2,(H,20,24)/t7-,8+,10-,11+,12+,13+,14+/m0/s1. The van der Waals surface area contributed by atoms with Gasteiger partial charge < -0.3 is 14.8 Å². The smallest absolute Gasteiger partial charge is 0.317 e. The molecule has 2 N–H and O–H groups in total. The molecule has 1 saturated heterocycles. The Morgan fingerprint density at radius 3 is 2.59 bits per heavy atom. The number of carbonyl (C=O) groups is 2. The molecule has 1 aromatic carbocycles. The van der Waals surface area contributed by atoms with E-state index in [1.165, 1.54) is 11.3 Å². The number of ether oxygens (including phenoxy) is 1. The second kappa shape index (κ2) is 5.26. The Morgan fingerprint density at radius 1 is 1.07 bits per heavy atom. The molecule has 4 aliphatic rings. The van der Waals surface area contributed by atoms with Crippen molar-refractivity contribution in [3.63, 3.8) is 0 Å². The molecule has 1 aromatic heterocycles. The Labute approximate surface area is 161 Å². The lowest BCUT2D eigenvalue weighted by Gasteiger charge is -2.42. The lowest BCUT2D eigenvalue weighted by atomic mass is 9.68. The predicted octanol–water partition coefficient (Wildman–Crippen LogP) is 2.33. The van der Waals surface area contributed by atoms with Crippen LogP contribution in [-0.2, 0) is 14.3 Å². The molecular formula is C19H15NO5S2. The monoisotopic (exact) mass is 401 g/mol. The van der Waals surface area contributed by atoms with Crippen LogP contribution in [0.25, 0.3) is 0 Å². The Hall–Kier alpha value is -2.06. The Kier molecular flexibility index (Phi) is 3.11. The van der Waals surface area contributed by atoms with Gasteiger partial charge in [-0.25, -0.2) is 0 Å². The van der Waals surface area contributed by atoms with Gasteiger partial charge in [0.15, 0.2) is 0 Å². The first-order valence-electron chi connectivity index (χ1n) is 8.97. The van der Waals surface area contributed by atoms with Crippen LogP contribution in [0, 0.1) is 29.6 Å². The van der Waals surface area contributed by atoms with Gasteiger partial charge in [-0.3, -0.25) is 14.4 Å². The SMILES string of the molecule is O=C1OC(=O)[C@@H]2[C@H]3C[C@H]([C@@H]12)[C@@H]1[C@H](c2ccccc2O)c2sc(=O)[nH]c2S[C@H]31. The molecule has 2 bridgehead atoms. The summed E-state index contributed by atoms with van der Waals surface area (Å²) >= 11 is 2.80. The molecular weight excluding hydrogens is 386 g/mol. The molecule has 2 aromatic rings. The van der Waals surface area contributed by atoms with Crippen molar-refractivity contribution in [1.82, 2.24) is 4.98 Å².